The largest absolute Gasteiger partial charge is 0.310 e. The van der Waals surface area contributed by atoms with Crippen molar-refractivity contribution in [2.45, 2.75) is 131 Å². The molecule has 0 aliphatic rings. The first-order chi connectivity index (χ1) is 34.8. The number of anilines is 3. The van der Waals surface area contributed by atoms with Crippen molar-refractivity contribution in [2.75, 3.05) is 4.90 Å². The van der Waals surface area contributed by atoms with Gasteiger partial charge in [-0.3, -0.25) is 0 Å². The van der Waals surface area contributed by atoms with Gasteiger partial charge >= 0.3 is 0 Å². The Balaban J connectivity index is 1.10. The normalized spacial score (nSPS) is 13.1. The smallest absolute Gasteiger partial charge is 0.0541 e. The van der Waals surface area contributed by atoms with E-state index in [-0.39, 0.29) is 27.1 Å². The van der Waals surface area contributed by atoms with E-state index in [1.165, 1.54) is 110 Å². The fourth-order valence-electron chi connectivity index (χ4n) is 11.2. The minimum atomic E-state index is 0.0269. The quantitative estimate of drug-likeness (QED) is 0.151. The molecule has 0 aliphatic heterocycles. The maximum Gasteiger partial charge on any atom is 0.0541 e. The van der Waals surface area contributed by atoms with Crippen LogP contribution in [0.1, 0.15) is 132 Å². The molecule has 0 amide bonds. The van der Waals surface area contributed by atoms with E-state index in [4.69, 9.17) is 0 Å². The molecule has 0 radical (unpaired) electrons. The van der Waals surface area contributed by atoms with Crippen LogP contribution in [0.2, 0.25) is 0 Å². The van der Waals surface area contributed by atoms with Gasteiger partial charge < -0.3 is 9.47 Å². The van der Waals surface area contributed by atoms with Crippen molar-refractivity contribution < 1.29 is 0 Å². The predicted molar refractivity (Wildman–Crippen MR) is 324 cm³/mol. The number of rotatable bonds is 6. The Bertz CT molecular complexity index is 3820. The molecule has 0 saturated carbocycles. The summed E-state index contributed by atoms with van der Waals surface area (Å²) >= 11 is 0. The monoisotopic (exact) mass is 967 g/mol. The van der Waals surface area contributed by atoms with Crippen LogP contribution in [0.25, 0.3) is 82.1 Å². The van der Waals surface area contributed by atoms with Crippen LogP contribution in [0.4, 0.5) is 17.1 Å². The first-order valence-electron chi connectivity index (χ1n) is 26.9. The van der Waals surface area contributed by atoms with Gasteiger partial charge in [-0.1, -0.05) is 219 Å². The van der Waals surface area contributed by atoms with Gasteiger partial charge in [0, 0.05) is 32.9 Å². The Kier molecular flexibility index (Phi) is 11.4. The van der Waals surface area contributed by atoms with Gasteiger partial charge in [0.25, 0.3) is 0 Å². The standard InChI is InChI=1S/C72H74N2/c1-68(2,3)51-26-16-45(17-27-51)46-18-30-56(31-19-46)73(57-32-20-47(21-33-57)50-40-54(71(10,11)12)42-55(41-50)72(13,14)15)62-36-24-48-23-35-59-63(37-25-49-22-34-58(62)66(48)67(49)59)74-64-38-28-52(69(4,5)6)43-60(64)61-44-53(70(7,8)9)29-39-65(61)74/h16-44H,1-15H3. The number of hydrogen-bond donors (Lipinski definition) is 0. The fourth-order valence-corrected chi connectivity index (χ4v) is 11.2. The molecule has 0 spiro atoms. The summed E-state index contributed by atoms with van der Waals surface area (Å²) in [6, 6.07) is 67.9. The molecule has 2 heteroatoms. The number of hydrogen-bond acceptors (Lipinski definition) is 1. The van der Waals surface area contributed by atoms with E-state index in [1.807, 2.05) is 0 Å². The van der Waals surface area contributed by atoms with Gasteiger partial charge in [0.1, 0.15) is 0 Å². The maximum atomic E-state index is 2.53. The van der Waals surface area contributed by atoms with Gasteiger partial charge in [-0.15, -0.1) is 0 Å². The zero-order chi connectivity index (χ0) is 52.4. The Morgan fingerprint density at radius 1 is 0.284 bits per heavy atom. The summed E-state index contributed by atoms with van der Waals surface area (Å²) in [5.41, 5.74) is 18.9. The average Bonchev–Trinajstić information content (AvgIpc) is 3.68. The van der Waals surface area contributed by atoms with Crippen molar-refractivity contribution >= 4 is 71.2 Å². The van der Waals surface area contributed by atoms with Crippen LogP contribution < -0.4 is 4.90 Å². The van der Waals surface area contributed by atoms with E-state index in [0.717, 1.165) is 17.1 Å². The van der Waals surface area contributed by atoms with Crippen molar-refractivity contribution in [1.82, 2.24) is 4.57 Å². The third-order valence-electron chi connectivity index (χ3n) is 15.9. The Labute approximate surface area is 441 Å². The summed E-state index contributed by atoms with van der Waals surface area (Å²) < 4.78 is 2.53. The number of aromatic nitrogens is 1. The van der Waals surface area contributed by atoms with E-state index in [0.29, 0.717) is 0 Å². The third kappa shape index (κ3) is 8.64. The average molecular weight is 967 g/mol. The first-order valence-corrected chi connectivity index (χ1v) is 26.9. The SMILES string of the molecule is CC(C)(C)c1ccc(-c2ccc(N(c3ccc(-c4cc(C(C)(C)C)cc(C(C)(C)C)c4)cc3)c3ccc4ccc5c(-n6c7ccc(C(C)(C)C)cc7c7cc(C(C)(C)C)ccc76)ccc6ccc3c4c65)cc2)cc1. The second-order valence-electron chi connectivity index (χ2n) is 26.4. The molecule has 11 rings (SSSR count). The lowest BCUT2D eigenvalue weighted by Crippen LogP contribution is -2.16. The molecular weight excluding hydrogens is 893 g/mol. The van der Waals surface area contributed by atoms with Crippen molar-refractivity contribution in [3.8, 4) is 27.9 Å². The molecule has 10 aromatic carbocycles. The molecule has 0 atom stereocenters. The molecule has 0 fully saturated rings. The number of fused-ring (bicyclic) bond motifs is 3. The summed E-state index contributed by atoms with van der Waals surface area (Å²) in [5.74, 6) is 0. The third-order valence-corrected chi connectivity index (χ3v) is 15.9. The second-order valence-corrected chi connectivity index (χ2v) is 26.4. The van der Waals surface area contributed by atoms with Gasteiger partial charge in [-0.25, -0.2) is 0 Å². The lowest BCUT2D eigenvalue weighted by Gasteiger charge is -2.28. The molecule has 0 aliphatic carbocycles. The second kappa shape index (κ2) is 17.2. The molecule has 0 unspecified atom stereocenters. The lowest BCUT2D eigenvalue weighted by atomic mass is 9.79. The van der Waals surface area contributed by atoms with Crippen LogP contribution in [-0.4, -0.2) is 4.57 Å². The Morgan fingerprint density at radius 2 is 0.662 bits per heavy atom. The van der Waals surface area contributed by atoms with Crippen molar-refractivity contribution in [3.63, 3.8) is 0 Å². The van der Waals surface area contributed by atoms with Gasteiger partial charge in [0.2, 0.25) is 0 Å². The van der Waals surface area contributed by atoms with Crippen molar-refractivity contribution in [2.24, 2.45) is 0 Å². The zero-order valence-corrected chi connectivity index (χ0v) is 46.6. The zero-order valence-electron chi connectivity index (χ0n) is 46.6. The summed E-state index contributed by atoms with van der Waals surface area (Å²) in [6.45, 7) is 34.6. The summed E-state index contributed by atoms with van der Waals surface area (Å²) in [7, 11) is 0. The van der Waals surface area contributed by atoms with Gasteiger partial charge in [0.15, 0.2) is 0 Å². The van der Waals surface area contributed by atoms with Crippen LogP contribution in [0.15, 0.2) is 176 Å². The highest BCUT2D eigenvalue weighted by atomic mass is 15.1. The molecular formula is C72H74N2. The topological polar surface area (TPSA) is 8.17 Å². The molecule has 2 nitrogen and oxygen atoms in total. The minimum absolute atomic E-state index is 0.0269. The van der Waals surface area contributed by atoms with Crippen LogP contribution >= 0.6 is 0 Å². The van der Waals surface area contributed by atoms with E-state index < -0.39 is 0 Å². The summed E-state index contributed by atoms with van der Waals surface area (Å²) in [5, 5.41) is 10.2. The molecule has 74 heavy (non-hydrogen) atoms. The van der Waals surface area contributed by atoms with Crippen LogP contribution in [0.5, 0.6) is 0 Å². The molecule has 1 aromatic heterocycles. The Morgan fingerprint density at radius 3 is 1.12 bits per heavy atom. The fraction of sp³-hybridized carbons (Fsp3) is 0.278. The lowest BCUT2D eigenvalue weighted by molar-refractivity contribution is 0.569. The van der Waals surface area contributed by atoms with E-state index in [1.54, 1.807) is 0 Å². The Hall–Kier alpha value is -7.16. The highest BCUT2D eigenvalue weighted by molar-refractivity contribution is 6.27. The van der Waals surface area contributed by atoms with Gasteiger partial charge in [-0.05, 0) is 159 Å². The summed E-state index contributed by atoms with van der Waals surface area (Å²) in [4.78, 5) is 2.47. The van der Waals surface area contributed by atoms with Gasteiger partial charge in [-0.2, -0.15) is 0 Å². The highest BCUT2D eigenvalue weighted by Gasteiger charge is 2.26. The first kappa shape index (κ1) is 49.1. The van der Waals surface area contributed by atoms with Gasteiger partial charge in [0.05, 0.1) is 22.4 Å². The molecule has 11 aromatic rings. The predicted octanol–water partition coefficient (Wildman–Crippen LogP) is 21.0. The molecule has 0 bridgehead atoms. The summed E-state index contributed by atoms with van der Waals surface area (Å²) in [6.07, 6.45) is 0. The number of nitrogens with zero attached hydrogens (tertiary/aromatic N) is 2. The maximum absolute atomic E-state index is 2.53. The van der Waals surface area contributed by atoms with Crippen molar-refractivity contribution in [1.29, 1.82) is 0 Å². The van der Waals surface area contributed by atoms with E-state index >= 15 is 0 Å². The van der Waals surface area contributed by atoms with E-state index in [2.05, 4.69) is 289 Å². The minimum Gasteiger partial charge on any atom is -0.310 e. The van der Waals surface area contributed by atoms with Crippen LogP contribution in [0, 0.1) is 0 Å². The van der Waals surface area contributed by atoms with Crippen LogP contribution in [-0.2, 0) is 27.1 Å². The van der Waals surface area contributed by atoms with Crippen molar-refractivity contribution in [3.05, 3.63) is 204 Å². The molecule has 1 heterocycles. The molecule has 0 saturated heterocycles. The molecule has 372 valence electrons. The number of benzene rings is 10. The van der Waals surface area contributed by atoms with E-state index in [9.17, 15) is 0 Å². The highest BCUT2D eigenvalue weighted by Crippen LogP contribution is 2.47. The molecule has 0 N–H and O–H groups in total. The van der Waals surface area contributed by atoms with Crippen LogP contribution in [0.3, 0.4) is 0 Å².